The molecule has 0 bridgehead atoms. The summed E-state index contributed by atoms with van der Waals surface area (Å²) in [6, 6.07) is 3.82. The molecule has 1 N–H and O–H groups in total. The van der Waals surface area contributed by atoms with Crippen LogP contribution in [-0.2, 0) is 10.0 Å². The van der Waals surface area contributed by atoms with Gasteiger partial charge in [-0.25, -0.2) is 17.5 Å². The molecule has 1 aromatic rings. The van der Waals surface area contributed by atoms with Gasteiger partial charge in [-0.05, 0) is 37.6 Å². The van der Waals surface area contributed by atoms with Crippen LogP contribution in [0.25, 0.3) is 0 Å². The van der Waals surface area contributed by atoms with E-state index in [1.807, 2.05) is 6.92 Å². The maximum Gasteiger partial charge on any atom is 0.240 e. The Bertz CT molecular complexity index is 628. The quantitative estimate of drug-likeness (QED) is 0.846. The van der Waals surface area contributed by atoms with Crippen LogP contribution in [-0.4, -0.2) is 64.5 Å². The highest BCUT2D eigenvalue weighted by Crippen LogP contribution is 2.16. The Morgan fingerprint density at radius 3 is 2.57 bits per heavy atom. The average Bonchev–Trinajstić information content (AvgIpc) is 2.50. The topological polar surface area (TPSA) is 52.7 Å². The molecule has 0 spiro atoms. The molecule has 1 aliphatic heterocycles. The molecule has 0 saturated carbocycles. The van der Waals surface area contributed by atoms with Crippen LogP contribution < -0.4 is 4.72 Å². The molecule has 23 heavy (non-hydrogen) atoms. The number of nitrogens with zero attached hydrogens (tertiary/aromatic N) is 2. The number of nitrogens with one attached hydrogen (secondary N) is 1. The van der Waals surface area contributed by atoms with Crippen molar-refractivity contribution < 1.29 is 12.8 Å². The van der Waals surface area contributed by atoms with Gasteiger partial charge in [0.1, 0.15) is 5.82 Å². The van der Waals surface area contributed by atoms with Crippen molar-refractivity contribution in [2.24, 2.45) is 5.92 Å². The molecule has 0 radical (unpaired) electrons. The smallest absolute Gasteiger partial charge is 0.240 e. The number of sulfonamides is 1. The fourth-order valence-corrected chi connectivity index (χ4v) is 4.15. The van der Waals surface area contributed by atoms with Gasteiger partial charge in [0.15, 0.2) is 0 Å². The van der Waals surface area contributed by atoms with Gasteiger partial charge in [0.05, 0.1) is 4.90 Å². The van der Waals surface area contributed by atoms with Gasteiger partial charge in [-0.3, -0.25) is 0 Å². The summed E-state index contributed by atoms with van der Waals surface area (Å²) in [6.45, 7) is 9.01. The number of likely N-dealkylation sites (N-methyl/N-ethyl adjacent to an activating group) is 1. The summed E-state index contributed by atoms with van der Waals surface area (Å²) in [7, 11) is -1.57. The predicted molar refractivity (Wildman–Crippen MR) is 89.4 cm³/mol. The maximum atomic E-state index is 13.3. The van der Waals surface area contributed by atoms with E-state index in [0.29, 0.717) is 12.1 Å². The van der Waals surface area contributed by atoms with Gasteiger partial charge in [0, 0.05) is 39.3 Å². The maximum absolute atomic E-state index is 13.3. The molecular weight excluding hydrogens is 317 g/mol. The number of benzene rings is 1. The van der Waals surface area contributed by atoms with Gasteiger partial charge in [-0.2, -0.15) is 0 Å². The number of halogens is 1. The highest BCUT2D eigenvalue weighted by Gasteiger charge is 2.20. The third-order valence-electron chi connectivity index (χ3n) is 4.23. The van der Waals surface area contributed by atoms with E-state index in [9.17, 15) is 12.8 Å². The van der Waals surface area contributed by atoms with E-state index in [1.165, 1.54) is 12.1 Å². The van der Waals surface area contributed by atoms with Crippen LogP contribution in [0.1, 0.15) is 12.5 Å². The fraction of sp³-hybridized carbons (Fsp3) is 0.625. The van der Waals surface area contributed by atoms with Crippen LogP contribution >= 0.6 is 0 Å². The Morgan fingerprint density at radius 2 is 1.91 bits per heavy atom. The van der Waals surface area contributed by atoms with E-state index in [0.717, 1.165) is 38.8 Å². The molecule has 1 atom stereocenters. The van der Waals surface area contributed by atoms with Crippen molar-refractivity contribution in [3.05, 3.63) is 29.6 Å². The number of aryl methyl sites for hydroxylation is 1. The number of hydrogen-bond donors (Lipinski definition) is 1. The highest BCUT2D eigenvalue weighted by atomic mass is 32.2. The van der Waals surface area contributed by atoms with E-state index in [2.05, 4.69) is 21.6 Å². The van der Waals surface area contributed by atoms with Crippen molar-refractivity contribution in [2.75, 3.05) is 46.3 Å². The fourth-order valence-electron chi connectivity index (χ4n) is 2.73. The molecule has 1 unspecified atom stereocenters. The molecule has 5 nitrogen and oxygen atoms in total. The van der Waals surface area contributed by atoms with Crippen LogP contribution in [0, 0.1) is 18.7 Å². The third kappa shape index (κ3) is 5.24. The van der Waals surface area contributed by atoms with Crippen molar-refractivity contribution in [3.63, 3.8) is 0 Å². The summed E-state index contributed by atoms with van der Waals surface area (Å²) >= 11 is 0. The lowest BCUT2D eigenvalue weighted by Gasteiger charge is -2.33. The Kier molecular flexibility index (Phi) is 6.13. The molecule has 1 fully saturated rings. The Hall–Kier alpha value is -1.02. The zero-order valence-corrected chi connectivity index (χ0v) is 14.9. The van der Waals surface area contributed by atoms with Crippen molar-refractivity contribution in [1.29, 1.82) is 0 Å². The van der Waals surface area contributed by atoms with Gasteiger partial charge in [0.2, 0.25) is 10.0 Å². The molecule has 7 heteroatoms. The molecule has 1 heterocycles. The van der Waals surface area contributed by atoms with Crippen LogP contribution in [0.4, 0.5) is 4.39 Å². The van der Waals surface area contributed by atoms with Gasteiger partial charge >= 0.3 is 0 Å². The zero-order chi connectivity index (χ0) is 17.0. The van der Waals surface area contributed by atoms with Crippen LogP contribution in [0.15, 0.2) is 23.1 Å². The van der Waals surface area contributed by atoms with E-state index in [1.54, 1.807) is 6.92 Å². The molecular formula is C16H26FN3O2S. The highest BCUT2D eigenvalue weighted by molar-refractivity contribution is 7.89. The Morgan fingerprint density at radius 1 is 1.26 bits per heavy atom. The molecule has 2 rings (SSSR count). The minimum Gasteiger partial charge on any atom is -0.304 e. The SMILES string of the molecule is Cc1ccc(F)cc1S(=O)(=O)NCC(C)CN1CCN(C)CC1. The van der Waals surface area contributed by atoms with Crippen LogP contribution in [0.3, 0.4) is 0 Å². The Labute approximate surface area is 138 Å². The molecule has 1 aliphatic rings. The largest absolute Gasteiger partial charge is 0.304 e. The summed E-state index contributed by atoms with van der Waals surface area (Å²) in [5.41, 5.74) is 0.547. The summed E-state index contributed by atoms with van der Waals surface area (Å²) in [5.74, 6) is -0.344. The lowest BCUT2D eigenvalue weighted by molar-refractivity contribution is 0.139. The first-order valence-electron chi connectivity index (χ1n) is 7.94. The second-order valence-corrected chi connectivity index (χ2v) is 8.21. The number of piperazine rings is 1. The lowest BCUT2D eigenvalue weighted by Crippen LogP contribution is -2.46. The first-order chi connectivity index (χ1) is 10.8. The van der Waals surface area contributed by atoms with Crippen molar-refractivity contribution in [2.45, 2.75) is 18.7 Å². The zero-order valence-electron chi connectivity index (χ0n) is 14.0. The lowest BCUT2D eigenvalue weighted by atomic mass is 10.1. The number of rotatable bonds is 6. The number of hydrogen-bond acceptors (Lipinski definition) is 4. The minimum absolute atomic E-state index is 0.0179. The first kappa shape index (κ1) is 18.3. The molecule has 0 aliphatic carbocycles. The minimum atomic E-state index is -3.67. The molecule has 0 amide bonds. The van der Waals surface area contributed by atoms with Gasteiger partial charge in [0.25, 0.3) is 0 Å². The molecule has 1 aromatic carbocycles. The van der Waals surface area contributed by atoms with Crippen LogP contribution in [0.2, 0.25) is 0 Å². The first-order valence-corrected chi connectivity index (χ1v) is 9.43. The van der Waals surface area contributed by atoms with E-state index in [-0.39, 0.29) is 10.8 Å². The second-order valence-electron chi connectivity index (χ2n) is 6.47. The predicted octanol–water partition coefficient (Wildman–Crippen LogP) is 1.30. The van der Waals surface area contributed by atoms with Crippen LogP contribution in [0.5, 0.6) is 0 Å². The monoisotopic (exact) mass is 343 g/mol. The van der Waals surface area contributed by atoms with E-state index >= 15 is 0 Å². The van der Waals surface area contributed by atoms with E-state index < -0.39 is 15.8 Å². The van der Waals surface area contributed by atoms with Gasteiger partial charge in [-0.1, -0.05) is 13.0 Å². The van der Waals surface area contributed by atoms with Crippen molar-refractivity contribution in [3.8, 4) is 0 Å². The van der Waals surface area contributed by atoms with Gasteiger partial charge < -0.3 is 9.80 Å². The molecule has 1 saturated heterocycles. The average molecular weight is 343 g/mol. The molecule has 130 valence electrons. The van der Waals surface area contributed by atoms with Crippen molar-refractivity contribution in [1.82, 2.24) is 14.5 Å². The molecule has 0 aromatic heterocycles. The normalized spacial score (nSPS) is 19.0. The third-order valence-corrected chi connectivity index (χ3v) is 5.79. The van der Waals surface area contributed by atoms with E-state index in [4.69, 9.17) is 0 Å². The van der Waals surface area contributed by atoms with Gasteiger partial charge in [-0.15, -0.1) is 0 Å². The second kappa shape index (κ2) is 7.70. The summed E-state index contributed by atoms with van der Waals surface area (Å²) in [4.78, 5) is 4.66. The summed E-state index contributed by atoms with van der Waals surface area (Å²) in [6.07, 6.45) is 0. The Balaban J connectivity index is 1.90. The van der Waals surface area contributed by atoms with Crippen molar-refractivity contribution >= 4 is 10.0 Å². The summed E-state index contributed by atoms with van der Waals surface area (Å²) < 4.78 is 40.6. The summed E-state index contributed by atoms with van der Waals surface area (Å²) in [5, 5.41) is 0. The standard InChI is InChI=1S/C16H26FN3O2S/c1-13(12-20-8-6-19(3)7-9-20)11-18-23(21,22)16-10-15(17)5-4-14(16)2/h4-5,10,13,18H,6-9,11-12H2,1-3H3.